The van der Waals surface area contributed by atoms with Crippen LogP contribution in [0.25, 0.3) is 6.08 Å². The van der Waals surface area contributed by atoms with Gasteiger partial charge in [-0.3, -0.25) is 4.98 Å². The average Bonchev–Trinajstić information content (AvgIpc) is 2.28. The van der Waals surface area contributed by atoms with Crippen LogP contribution in [0, 0.1) is 0 Å². The van der Waals surface area contributed by atoms with Crippen molar-refractivity contribution in [1.82, 2.24) is 4.98 Å². The maximum atomic E-state index is 4.99. The summed E-state index contributed by atoms with van der Waals surface area (Å²) in [5.41, 5.74) is 0.810. The van der Waals surface area contributed by atoms with Gasteiger partial charge in [-0.25, -0.2) is 0 Å². The van der Waals surface area contributed by atoms with Crippen molar-refractivity contribution in [2.75, 3.05) is 0 Å². The van der Waals surface area contributed by atoms with E-state index in [0.717, 1.165) is 5.69 Å². The molecule has 0 unspecified atom stereocenters. The summed E-state index contributed by atoms with van der Waals surface area (Å²) in [4.78, 5) is 9.08. The summed E-state index contributed by atoms with van der Waals surface area (Å²) >= 11 is 0. The number of oxime groups is 1. The molecule has 3 nitrogen and oxygen atoms in total. The first-order valence-electron chi connectivity index (χ1n) is 3.29. The van der Waals surface area contributed by atoms with Crippen LogP contribution >= 0.6 is 0 Å². The van der Waals surface area contributed by atoms with Crippen LogP contribution < -0.4 is 4.84 Å². The zero-order valence-electron chi connectivity index (χ0n) is 5.77. The first-order chi connectivity index (χ1) is 5.47. The van der Waals surface area contributed by atoms with Gasteiger partial charge in [0.05, 0.1) is 6.21 Å². The molecule has 2 rings (SSSR count). The van der Waals surface area contributed by atoms with Crippen molar-refractivity contribution in [2.45, 2.75) is 0 Å². The van der Waals surface area contributed by atoms with Crippen LogP contribution in [0.2, 0.25) is 0 Å². The summed E-state index contributed by atoms with van der Waals surface area (Å²) in [6.45, 7) is 0. The van der Waals surface area contributed by atoms with E-state index < -0.39 is 0 Å². The molecule has 0 aliphatic carbocycles. The topological polar surface area (TPSA) is 34.5 Å². The molecule has 0 amide bonds. The number of hydrogen-bond donors (Lipinski definition) is 0. The Morgan fingerprint density at radius 2 is 2.36 bits per heavy atom. The lowest BCUT2D eigenvalue weighted by Gasteiger charge is -1.97. The molecule has 0 spiro atoms. The Hall–Kier alpha value is -1.64. The van der Waals surface area contributed by atoms with Crippen molar-refractivity contribution in [1.29, 1.82) is 0 Å². The lowest BCUT2D eigenvalue weighted by molar-refractivity contribution is 0.342. The van der Waals surface area contributed by atoms with Gasteiger partial charge in [-0.15, -0.1) is 0 Å². The number of allylic oxidation sites excluding steroid dienone is 1. The third kappa shape index (κ3) is 1.12. The highest BCUT2D eigenvalue weighted by atomic mass is 16.6. The van der Waals surface area contributed by atoms with Gasteiger partial charge in [0.1, 0.15) is 5.69 Å². The van der Waals surface area contributed by atoms with E-state index in [1.165, 1.54) is 0 Å². The number of fused-ring (bicyclic) bond motifs is 1. The van der Waals surface area contributed by atoms with Crippen molar-refractivity contribution in [2.24, 2.45) is 5.16 Å². The van der Waals surface area contributed by atoms with Gasteiger partial charge in [0.15, 0.2) is 5.75 Å². The van der Waals surface area contributed by atoms with Gasteiger partial charge in [0.25, 0.3) is 0 Å². The van der Waals surface area contributed by atoms with Gasteiger partial charge in [-0.1, -0.05) is 5.16 Å². The predicted molar refractivity (Wildman–Crippen MR) is 42.4 cm³/mol. The molecular formula is C8H6N2O. The summed E-state index contributed by atoms with van der Waals surface area (Å²) in [6.07, 6.45) is 6.95. The SMILES string of the molecule is C1=Cc2ncccc2ON=C1. The lowest BCUT2D eigenvalue weighted by atomic mass is 10.3. The molecule has 2 heterocycles. The molecule has 1 aliphatic heterocycles. The largest absolute Gasteiger partial charge is 0.355 e. The van der Waals surface area contributed by atoms with Crippen LogP contribution in [0.5, 0.6) is 5.75 Å². The maximum absolute atomic E-state index is 4.99. The maximum Gasteiger partial charge on any atom is 0.183 e. The standard InChI is InChI=1S/C8H6N2O/c1-3-7-8(11-10-6-1)4-2-5-9-7/h1-6H. The molecule has 1 aliphatic rings. The highest BCUT2D eigenvalue weighted by molar-refractivity contribution is 5.79. The van der Waals surface area contributed by atoms with Crippen molar-refractivity contribution in [3.8, 4) is 5.75 Å². The van der Waals surface area contributed by atoms with E-state index in [2.05, 4.69) is 10.1 Å². The Bertz CT molecular complexity index is 318. The summed E-state index contributed by atoms with van der Waals surface area (Å²) in [7, 11) is 0. The number of aromatic nitrogens is 1. The summed E-state index contributed by atoms with van der Waals surface area (Å²) < 4.78 is 0. The second-order valence-electron chi connectivity index (χ2n) is 2.09. The molecule has 1 aromatic heterocycles. The Morgan fingerprint density at radius 3 is 3.36 bits per heavy atom. The summed E-state index contributed by atoms with van der Waals surface area (Å²) in [5.74, 6) is 0.692. The molecule has 54 valence electrons. The van der Waals surface area contributed by atoms with Gasteiger partial charge in [0.2, 0.25) is 0 Å². The minimum Gasteiger partial charge on any atom is -0.355 e. The number of rotatable bonds is 0. The average molecular weight is 146 g/mol. The Kier molecular flexibility index (Phi) is 1.41. The Morgan fingerprint density at radius 1 is 1.36 bits per heavy atom. The van der Waals surface area contributed by atoms with Crippen LogP contribution in [-0.4, -0.2) is 11.2 Å². The molecule has 0 fully saturated rings. The van der Waals surface area contributed by atoms with Crippen LogP contribution in [0.15, 0.2) is 29.6 Å². The molecule has 0 radical (unpaired) electrons. The van der Waals surface area contributed by atoms with Crippen LogP contribution in [0.1, 0.15) is 5.69 Å². The van der Waals surface area contributed by atoms with Gasteiger partial charge < -0.3 is 4.84 Å². The molecule has 11 heavy (non-hydrogen) atoms. The molecule has 0 bridgehead atoms. The fourth-order valence-corrected chi connectivity index (χ4v) is 0.862. The first kappa shape index (κ1) is 6.09. The fraction of sp³-hybridized carbons (Fsp3) is 0. The quantitative estimate of drug-likeness (QED) is 0.555. The third-order valence-corrected chi connectivity index (χ3v) is 1.35. The summed E-state index contributed by atoms with van der Waals surface area (Å²) in [6, 6.07) is 3.64. The number of hydrogen-bond acceptors (Lipinski definition) is 3. The highest BCUT2D eigenvalue weighted by Crippen LogP contribution is 2.17. The van der Waals surface area contributed by atoms with Crippen molar-refractivity contribution < 1.29 is 4.84 Å². The zero-order valence-corrected chi connectivity index (χ0v) is 5.77. The molecule has 0 atom stereocenters. The van der Waals surface area contributed by atoms with E-state index in [0.29, 0.717) is 5.75 Å². The van der Waals surface area contributed by atoms with E-state index in [9.17, 15) is 0 Å². The lowest BCUT2D eigenvalue weighted by Crippen LogP contribution is -1.86. The predicted octanol–water partition coefficient (Wildman–Crippen LogP) is 1.47. The number of nitrogens with zero attached hydrogens (tertiary/aromatic N) is 2. The molecule has 1 aromatic rings. The van der Waals surface area contributed by atoms with Crippen LogP contribution in [0.3, 0.4) is 0 Å². The minimum atomic E-state index is 0.692. The summed E-state index contributed by atoms with van der Waals surface area (Å²) in [5, 5.41) is 3.66. The van der Waals surface area contributed by atoms with E-state index in [4.69, 9.17) is 4.84 Å². The van der Waals surface area contributed by atoms with Crippen molar-refractivity contribution >= 4 is 12.3 Å². The van der Waals surface area contributed by atoms with E-state index in [1.54, 1.807) is 18.5 Å². The molecule has 3 heteroatoms. The van der Waals surface area contributed by atoms with E-state index in [1.807, 2.05) is 18.2 Å². The molecule has 0 saturated carbocycles. The first-order valence-corrected chi connectivity index (χ1v) is 3.29. The van der Waals surface area contributed by atoms with E-state index >= 15 is 0 Å². The normalized spacial score (nSPS) is 13.5. The Balaban J connectivity index is 2.52. The van der Waals surface area contributed by atoms with Gasteiger partial charge in [0, 0.05) is 6.20 Å². The van der Waals surface area contributed by atoms with Gasteiger partial charge in [-0.2, -0.15) is 0 Å². The van der Waals surface area contributed by atoms with Crippen molar-refractivity contribution in [3.63, 3.8) is 0 Å². The molecular weight excluding hydrogens is 140 g/mol. The zero-order chi connectivity index (χ0) is 7.52. The smallest absolute Gasteiger partial charge is 0.183 e. The van der Waals surface area contributed by atoms with E-state index in [-0.39, 0.29) is 0 Å². The monoisotopic (exact) mass is 146 g/mol. The molecule has 0 aromatic carbocycles. The minimum absolute atomic E-state index is 0.692. The third-order valence-electron chi connectivity index (χ3n) is 1.35. The van der Waals surface area contributed by atoms with Gasteiger partial charge >= 0.3 is 0 Å². The van der Waals surface area contributed by atoms with Gasteiger partial charge in [-0.05, 0) is 24.3 Å². The Labute approximate surface area is 64.0 Å². The molecule has 0 N–H and O–H groups in total. The second kappa shape index (κ2) is 2.54. The second-order valence-corrected chi connectivity index (χ2v) is 2.09. The fourth-order valence-electron chi connectivity index (χ4n) is 0.862. The van der Waals surface area contributed by atoms with Crippen molar-refractivity contribution in [3.05, 3.63) is 30.1 Å². The van der Waals surface area contributed by atoms with Crippen LogP contribution in [0.4, 0.5) is 0 Å². The number of pyridine rings is 1. The highest BCUT2D eigenvalue weighted by Gasteiger charge is 2.01. The van der Waals surface area contributed by atoms with Crippen LogP contribution in [-0.2, 0) is 0 Å². The molecule has 0 saturated heterocycles.